The number of carbonyl (C=O) groups is 2. The van der Waals surface area contributed by atoms with Crippen LogP contribution in [0, 0.1) is 0 Å². The zero-order valence-corrected chi connectivity index (χ0v) is 14.0. The van der Waals surface area contributed by atoms with E-state index < -0.39 is 6.09 Å². The Morgan fingerprint density at radius 1 is 1.20 bits per heavy atom. The Kier molecular flexibility index (Phi) is 4.46. The normalized spacial score (nSPS) is 21.4. The summed E-state index contributed by atoms with van der Waals surface area (Å²) in [7, 11) is 0. The van der Waals surface area contributed by atoms with Gasteiger partial charge in [-0.2, -0.15) is 0 Å². The molecule has 0 aliphatic heterocycles. The first-order valence-electron chi connectivity index (χ1n) is 8.22. The van der Waals surface area contributed by atoms with Crippen LogP contribution in [0.1, 0.15) is 41.6 Å². The maximum absolute atomic E-state index is 12.6. The minimum absolute atomic E-state index is 0.188. The summed E-state index contributed by atoms with van der Waals surface area (Å²) in [5.41, 5.74) is 8.65. The highest BCUT2D eigenvalue weighted by Gasteiger charge is 2.50. The number of nitrogens with one attached hydrogen (secondary N) is 2. The minimum atomic E-state index is -1.17. The molecule has 2 amide bonds. The number of rotatable bonds is 5. The molecule has 2 aromatic rings. The lowest BCUT2D eigenvalue weighted by Gasteiger charge is -2.14. The molecule has 6 nitrogen and oxygen atoms in total. The Labute approximate surface area is 146 Å². The number of nitrogens with two attached hydrogens (primary N) is 1. The van der Waals surface area contributed by atoms with Crippen LogP contribution in [0.25, 0.3) is 0 Å². The van der Waals surface area contributed by atoms with E-state index in [1.807, 2.05) is 24.3 Å². The van der Waals surface area contributed by atoms with Crippen molar-refractivity contribution < 1.29 is 14.7 Å². The first-order valence-corrected chi connectivity index (χ1v) is 8.22. The van der Waals surface area contributed by atoms with Crippen molar-refractivity contribution in [1.82, 2.24) is 0 Å². The maximum atomic E-state index is 12.6. The summed E-state index contributed by atoms with van der Waals surface area (Å²) in [6, 6.07) is 14.0. The zero-order chi connectivity index (χ0) is 18.0. The molecule has 6 heteroatoms. The van der Waals surface area contributed by atoms with Gasteiger partial charge in [-0.25, -0.2) is 4.79 Å². The number of para-hydroxylation sites is 1. The summed E-state index contributed by atoms with van der Waals surface area (Å²) in [4.78, 5) is 23.3. The molecule has 2 atom stereocenters. The third-order valence-corrected chi connectivity index (χ3v) is 4.74. The molecule has 2 unspecified atom stereocenters. The fourth-order valence-electron chi connectivity index (χ4n) is 3.10. The highest BCUT2D eigenvalue weighted by molar-refractivity contribution is 6.05. The van der Waals surface area contributed by atoms with Gasteiger partial charge in [0.1, 0.15) is 0 Å². The molecule has 0 radical (unpaired) electrons. The van der Waals surface area contributed by atoms with Gasteiger partial charge in [0.25, 0.3) is 5.91 Å². The molecule has 5 N–H and O–H groups in total. The molecule has 0 saturated heterocycles. The van der Waals surface area contributed by atoms with Crippen LogP contribution in [0.4, 0.5) is 16.2 Å². The van der Waals surface area contributed by atoms with Crippen LogP contribution in [0.3, 0.4) is 0 Å². The molecular formula is C19H21N3O3. The Bertz CT molecular complexity index is 821. The summed E-state index contributed by atoms with van der Waals surface area (Å²) in [5, 5.41) is 13.9. The summed E-state index contributed by atoms with van der Waals surface area (Å²) in [6.07, 6.45) is 0.632. The van der Waals surface area contributed by atoms with Crippen LogP contribution in [0.15, 0.2) is 48.5 Å². The molecule has 3 rings (SSSR count). The second-order valence-corrected chi connectivity index (χ2v) is 6.40. The van der Waals surface area contributed by atoms with Gasteiger partial charge in [-0.3, -0.25) is 10.1 Å². The number of benzene rings is 2. The number of carbonyl (C=O) groups excluding carboxylic acids is 1. The van der Waals surface area contributed by atoms with Gasteiger partial charge in [-0.1, -0.05) is 31.2 Å². The molecule has 1 fully saturated rings. The highest BCUT2D eigenvalue weighted by atomic mass is 16.4. The maximum Gasteiger partial charge on any atom is 0.409 e. The predicted octanol–water partition coefficient (Wildman–Crippen LogP) is 3.62. The van der Waals surface area contributed by atoms with Crippen molar-refractivity contribution in [2.75, 3.05) is 10.6 Å². The smallest absolute Gasteiger partial charge is 0.409 e. The molecule has 2 aromatic carbocycles. The Morgan fingerprint density at radius 3 is 2.64 bits per heavy atom. The van der Waals surface area contributed by atoms with E-state index in [9.17, 15) is 9.59 Å². The number of amides is 2. The number of hydrogen-bond donors (Lipinski definition) is 4. The van der Waals surface area contributed by atoms with Crippen LogP contribution in [0.5, 0.6) is 0 Å². The standard InChI is InChI=1S/C19H21N3O3/c1-2-19(20)11-15(19)14-8-3-4-9-16(14)22-17(23)12-6-5-7-13(10-12)21-18(24)25/h3-10,15,21H,2,11,20H2,1H3,(H,22,23)(H,24,25). The first-order chi connectivity index (χ1) is 11.9. The van der Waals surface area contributed by atoms with Crippen LogP contribution < -0.4 is 16.4 Å². The van der Waals surface area contributed by atoms with Crippen molar-refractivity contribution in [3.8, 4) is 0 Å². The monoisotopic (exact) mass is 339 g/mol. The van der Waals surface area contributed by atoms with Gasteiger partial charge in [-0.15, -0.1) is 0 Å². The summed E-state index contributed by atoms with van der Waals surface area (Å²) in [6.45, 7) is 2.07. The van der Waals surface area contributed by atoms with Gasteiger partial charge in [0.15, 0.2) is 0 Å². The fraction of sp³-hybridized carbons (Fsp3) is 0.263. The zero-order valence-electron chi connectivity index (χ0n) is 14.0. The molecule has 1 aliphatic rings. The van der Waals surface area contributed by atoms with Crippen LogP contribution >= 0.6 is 0 Å². The fourth-order valence-corrected chi connectivity index (χ4v) is 3.10. The van der Waals surface area contributed by atoms with Crippen LogP contribution in [0.2, 0.25) is 0 Å². The largest absolute Gasteiger partial charge is 0.465 e. The number of hydrogen-bond acceptors (Lipinski definition) is 3. The van der Waals surface area contributed by atoms with Gasteiger partial charge in [0.2, 0.25) is 0 Å². The van der Waals surface area contributed by atoms with Gasteiger partial charge < -0.3 is 16.2 Å². The van der Waals surface area contributed by atoms with Crippen molar-refractivity contribution in [2.24, 2.45) is 5.73 Å². The van der Waals surface area contributed by atoms with E-state index >= 15 is 0 Å². The molecular weight excluding hydrogens is 318 g/mol. The van der Waals surface area contributed by atoms with E-state index in [0.717, 1.165) is 24.1 Å². The van der Waals surface area contributed by atoms with Gasteiger partial charge in [-0.05, 0) is 42.7 Å². The first kappa shape index (κ1) is 17.0. The summed E-state index contributed by atoms with van der Waals surface area (Å²) in [5.74, 6) is -0.0460. The summed E-state index contributed by atoms with van der Waals surface area (Å²) >= 11 is 0. The van der Waals surface area contributed by atoms with Crippen molar-refractivity contribution in [1.29, 1.82) is 0 Å². The minimum Gasteiger partial charge on any atom is -0.465 e. The Morgan fingerprint density at radius 2 is 1.96 bits per heavy atom. The third-order valence-electron chi connectivity index (χ3n) is 4.74. The number of anilines is 2. The topological polar surface area (TPSA) is 104 Å². The molecule has 130 valence electrons. The second-order valence-electron chi connectivity index (χ2n) is 6.40. The highest BCUT2D eigenvalue weighted by Crippen LogP contribution is 2.53. The van der Waals surface area contributed by atoms with Gasteiger partial charge in [0, 0.05) is 28.4 Å². The Balaban J connectivity index is 1.79. The van der Waals surface area contributed by atoms with E-state index in [1.54, 1.807) is 18.2 Å². The van der Waals surface area contributed by atoms with Crippen molar-refractivity contribution in [3.63, 3.8) is 0 Å². The summed E-state index contributed by atoms with van der Waals surface area (Å²) < 4.78 is 0. The Hall–Kier alpha value is -2.86. The molecule has 1 saturated carbocycles. The second kappa shape index (κ2) is 6.57. The van der Waals surface area contributed by atoms with Crippen molar-refractivity contribution in [3.05, 3.63) is 59.7 Å². The molecule has 25 heavy (non-hydrogen) atoms. The van der Waals surface area contributed by atoms with E-state index in [0.29, 0.717) is 11.3 Å². The average Bonchev–Trinajstić information content (AvgIpc) is 3.27. The molecule has 0 bridgehead atoms. The molecule has 0 heterocycles. The van der Waals surface area contributed by atoms with Crippen molar-refractivity contribution >= 4 is 23.4 Å². The SMILES string of the molecule is CCC1(N)CC1c1ccccc1NC(=O)c1cccc(NC(=O)O)c1. The average molecular weight is 339 g/mol. The van der Waals surface area contributed by atoms with Gasteiger partial charge >= 0.3 is 6.09 Å². The van der Waals surface area contributed by atoms with E-state index in [4.69, 9.17) is 10.8 Å². The predicted molar refractivity (Wildman–Crippen MR) is 97.1 cm³/mol. The molecule has 0 aromatic heterocycles. The number of carboxylic acid groups (broad SMARTS) is 1. The molecule has 0 spiro atoms. The van der Waals surface area contributed by atoms with Gasteiger partial charge in [0.05, 0.1) is 0 Å². The third kappa shape index (κ3) is 3.64. The quantitative estimate of drug-likeness (QED) is 0.667. The lowest BCUT2D eigenvalue weighted by molar-refractivity contribution is 0.102. The van der Waals surface area contributed by atoms with E-state index in [2.05, 4.69) is 17.6 Å². The van der Waals surface area contributed by atoms with E-state index in [-0.39, 0.29) is 17.4 Å². The van der Waals surface area contributed by atoms with Crippen LogP contribution in [-0.2, 0) is 0 Å². The van der Waals surface area contributed by atoms with E-state index in [1.165, 1.54) is 6.07 Å². The lowest BCUT2D eigenvalue weighted by atomic mass is 10.0. The van der Waals surface area contributed by atoms with Crippen LogP contribution in [-0.4, -0.2) is 22.6 Å². The lowest BCUT2D eigenvalue weighted by Crippen LogP contribution is -2.23. The van der Waals surface area contributed by atoms with Crippen molar-refractivity contribution in [2.45, 2.75) is 31.2 Å². The molecule has 1 aliphatic carbocycles.